The van der Waals surface area contributed by atoms with Crippen LogP contribution in [0.4, 0.5) is 28.9 Å². The quantitative estimate of drug-likeness (QED) is 0.152. The molecule has 4 saturated heterocycles. The summed E-state index contributed by atoms with van der Waals surface area (Å²) in [7, 11) is 0. The SMILES string of the molecule is O=C(C1CCNCC1)N1CCN(c2cccc(-c3nc4ccccc4n3C(F)F)c2)CC1.O=C(C1CCNCC1)N1CCN(c2cccc(-c3nc4ccccc4n3C(F)F)c2)CC1. The summed E-state index contributed by atoms with van der Waals surface area (Å²) in [5, 5.41) is 6.61. The average Bonchev–Trinajstić information content (AvgIpc) is 3.95. The van der Waals surface area contributed by atoms with E-state index in [1.807, 2.05) is 58.3 Å². The zero-order valence-electron chi connectivity index (χ0n) is 35.8. The van der Waals surface area contributed by atoms with E-state index in [1.165, 1.54) is 0 Å². The van der Waals surface area contributed by atoms with Gasteiger partial charge < -0.3 is 30.2 Å². The van der Waals surface area contributed by atoms with E-state index in [0.717, 1.165) is 98.6 Å². The summed E-state index contributed by atoms with van der Waals surface area (Å²) in [6, 6.07) is 29.1. The smallest absolute Gasteiger partial charge is 0.320 e. The standard InChI is InChI=1S/2C24H27F2N5O/c2*25-24(26)31-21-7-2-1-6-20(21)28-22(31)18-4-3-5-19(16-18)29-12-14-30(15-13-29)23(32)17-8-10-27-11-9-17/h2*1-7,16-17,24,27H,8-15H2. The Morgan fingerprint density at radius 1 is 0.500 bits per heavy atom. The Bertz CT molecular complexity index is 2380. The van der Waals surface area contributed by atoms with Crippen molar-refractivity contribution in [2.24, 2.45) is 11.8 Å². The van der Waals surface area contributed by atoms with Crippen LogP contribution in [0.3, 0.4) is 0 Å². The third kappa shape index (κ3) is 9.16. The third-order valence-corrected chi connectivity index (χ3v) is 13.1. The molecule has 6 aromatic rings. The summed E-state index contributed by atoms with van der Waals surface area (Å²) >= 11 is 0. The number of piperazine rings is 2. The number of hydrogen-bond acceptors (Lipinski definition) is 8. The first-order valence-electron chi connectivity index (χ1n) is 22.4. The number of aromatic nitrogens is 4. The van der Waals surface area contributed by atoms with Crippen LogP contribution < -0.4 is 20.4 Å². The molecule has 4 fully saturated rings. The highest BCUT2D eigenvalue weighted by Crippen LogP contribution is 2.34. The van der Waals surface area contributed by atoms with Crippen molar-refractivity contribution in [3.8, 4) is 22.8 Å². The molecule has 0 bridgehead atoms. The van der Waals surface area contributed by atoms with E-state index in [2.05, 4.69) is 30.4 Å². The first kappa shape index (κ1) is 43.3. The van der Waals surface area contributed by atoms with Gasteiger partial charge in [-0.25, -0.2) is 9.97 Å². The predicted octanol–water partition coefficient (Wildman–Crippen LogP) is 7.49. The number of para-hydroxylation sites is 4. The van der Waals surface area contributed by atoms with Crippen LogP contribution in [-0.2, 0) is 9.59 Å². The number of carbonyl (C=O) groups excluding carboxylic acids is 2. The van der Waals surface area contributed by atoms with Gasteiger partial charge in [0.05, 0.1) is 22.1 Å². The number of amides is 2. The number of benzene rings is 4. The normalized spacial score (nSPS) is 18.0. The molecule has 6 heterocycles. The third-order valence-electron chi connectivity index (χ3n) is 13.1. The van der Waals surface area contributed by atoms with Crippen molar-refractivity contribution in [1.82, 2.24) is 39.5 Å². The van der Waals surface area contributed by atoms with Gasteiger partial charge in [-0.15, -0.1) is 0 Å². The van der Waals surface area contributed by atoms with Crippen LogP contribution in [0, 0.1) is 11.8 Å². The highest BCUT2D eigenvalue weighted by molar-refractivity contribution is 5.83. The molecule has 12 nitrogen and oxygen atoms in total. The van der Waals surface area contributed by atoms with Gasteiger partial charge in [-0.1, -0.05) is 48.5 Å². The van der Waals surface area contributed by atoms with E-state index in [1.54, 1.807) is 48.5 Å². The lowest BCUT2D eigenvalue weighted by Crippen LogP contribution is -2.51. The number of piperidine rings is 2. The fourth-order valence-electron chi connectivity index (χ4n) is 9.60. The van der Waals surface area contributed by atoms with Gasteiger partial charge in [-0.2, -0.15) is 17.6 Å². The molecule has 10 rings (SSSR count). The zero-order chi connectivity index (χ0) is 44.2. The lowest BCUT2D eigenvalue weighted by molar-refractivity contribution is -0.137. The highest BCUT2D eigenvalue weighted by Gasteiger charge is 2.31. The Morgan fingerprint density at radius 2 is 0.875 bits per heavy atom. The molecule has 2 amide bonds. The fourth-order valence-corrected chi connectivity index (χ4v) is 9.60. The molecule has 0 unspecified atom stereocenters. The van der Waals surface area contributed by atoms with Crippen LogP contribution in [0.5, 0.6) is 0 Å². The fraction of sp³-hybridized carbons (Fsp3) is 0.417. The Hall–Kier alpha value is -6.00. The Labute approximate surface area is 369 Å². The van der Waals surface area contributed by atoms with Gasteiger partial charge in [0.2, 0.25) is 11.8 Å². The van der Waals surface area contributed by atoms with Gasteiger partial charge in [0.15, 0.2) is 0 Å². The Balaban J connectivity index is 0.000000162. The lowest BCUT2D eigenvalue weighted by atomic mass is 9.96. The molecule has 4 aliphatic rings. The Morgan fingerprint density at radius 3 is 1.25 bits per heavy atom. The van der Waals surface area contributed by atoms with E-state index < -0.39 is 13.1 Å². The van der Waals surface area contributed by atoms with Crippen molar-refractivity contribution >= 4 is 45.3 Å². The number of carbonyl (C=O) groups is 2. The molecule has 0 saturated carbocycles. The van der Waals surface area contributed by atoms with E-state index in [4.69, 9.17) is 0 Å². The summed E-state index contributed by atoms with van der Waals surface area (Å²) in [5.74, 6) is 1.34. The minimum Gasteiger partial charge on any atom is -0.368 e. The van der Waals surface area contributed by atoms with Gasteiger partial charge in [0, 0.05) is 86.7 Å². The van der Waals surface area contributed by atoms with E-state index in [-0.39, 0.29) is 35.3 Å². The summed E-state index contributed by atoms with van der Waals surface area (Å²) in [5.41, 5.74) is 5.20. The molecule has 16 heteroatoms. The molecule has 0 radical (unpaired) electrons. The van der Waals surface area contributed by atoms with E-state index in [0.29, 0.717) is 59.4 Å². The van der Waals surface area contributed by atoms with Crippen LogP contribution >= 0.6 is 0 Å². The van der Waals surface area contributed by atoms with Gasteiger partial charge in [0.1, 0.15) is 11.6 Å². The summed E-state index contributed by atoms with van der Waals surface area (Å²) in [6.45, 7) is 3.93. The van der Waals surface area contributed by atoms with Crippen molar-refractivity contribution in [1.29, 1.82) is 0 Å². The molecule has 0 atom stereocenters. The number of nitrogens with one attached hydrogen (secondary N) is 2. The minimum absolute atomic E-state index is 0.133. The van der Waals surface area contributed by atoms with Crippen molar-refractivity contribution < 1.29 is 27.2 Å². The zero-order valence-corrected chi connectivity index (χ0v) is 35.8. The van der Waals surface area contributed by atoms with Crippen molar-refractivity contribution in [2.75, 3.05) is 88.3 Å². The van der Waals surface area contributed by atoms with Crippen molar-refractivity contribution in [2.45, 2.75) is 38.8 Å². The highest BCUT2D eigenvalue weighted by atomic mass is 19.3. The van der Waals surface area contributed by atoms with Gasteiger partial charge >= 0.3 is 13.1 Å². The number of alkyl halides is 4. The maximum atomic E-state index is 13.9. The molecule has 0 aliphatic carbocycles. The number of fused-ring (bicyclic) bond motifs is 2. The van der Waals surface area contributed by atoms with Crippen LogP contribution in [0.2, 0.25) is 0 Å². The number of anilines is 2. The maximum absolute atomic E-state index is 13.9. The largest absolute Gasteiger partial charge is 0.368 e. The predicted molar refractivity (Wildman–Crippen MR) is 242 cm³/mol. The minimum atomic E-state index is -2.68. The van der Waals surface area contributed by atoms with Gasteiger partial charge in [-0.05, 0) is 100 Å². The molecule has 64 heavy (non-hydrogen) atoms. The molecular formula is C48H54F4N10O2. The van der Waals surface area contributed by atoms with Crippen molar-refractivity contribution in [3.63, 3.8) is 0 Å². The van der Waals surface area contributed by atoms with Crippen LogP contribution in [0.15, 0.2) is 97.1 Å². The van der Waals surface area contributed by atoms with Gasteiger partial charge in [-0.3, -0.25) is 18.7 Å². The molecular weight excluding hydrogens is 825 g/mol. The number of hydrogen-bond donors (Lipinski definition) is 2. The number of imidazole rings is 2. The molecule has 2 N–H and O–H groups in total. The van der Waals surface area contributed by atoms with Crippen LogP contribution in [-0.4, -0.2) is 119 Å². The summed E-state index contributed by atoms with van der Waals surface area (Å²) in [6.07, 6.45) is 3.64. The summed E-state index contributed by atoms with van der Waals surface area (Å²) < 4.78 is 57.5. The number of nitrogens with zero attached hydrogens (tertiary/aromatic N) is 8. The second kappa shape index (κ2) is 19.4. The lowest BCUT2D eigenvalue weighted by Gasteiger charge is -2.38. The molecule has 2 aromatic heterocycles. The molecule has 4 aromatic carbocycles. The second-order valence-corrected chi connectivity index (χ2v) is 16.9. The molecule has 336 valence electrons. The topological polar surface area (TPSA) is 107 Å². The number of rotatable bonds is 8. The van der Waals surface area contributed by atoms with Gasteiger partial charge in [0.25, 0.3) is 0 Å². The average molecular weight is 879 g/mol. The van der Waals surface area contributed by atoms with Crippen LogP contribution in [0.1, 0.15) is 38.8 Å². The Kier molecular flexibility index (Phi) is 13.1. The monoisotopic (exact) mass is 878 g/mol. The van der Waals surface area contributed by atoms with Crippen molar-refractivity contribution in [3.05, 3.63) is 97.1 Å². The molecule has 4 aliphatic heterocycles. The van der Waals surface area contributed by atoms with Crippen LogP contribution in [0.25, 0.3) is 44.8 Å². The first-order valence-corrected chi connectivity index (χ1v) is 22.4. The molecule has 0 spiro atoms. The van der Waals surface area contributed by atoms with E-state index >= 15 is 0 Å². The maximum Gasteiger partial charge on any atom is 0.320 e. The second-order valence-electron chi connectivity index (χ2n) is 16.9. The summed E-state index contributed by atoms with van der Waals surface area (Å²) in [4.78, 5) is 43.0. The first-order chi connectivity index (χ1) is 31.2. The van der Waals surface area contributed by atoms with E-state index in [9.17, 15) is 27.2 Å². The number of halogens is 4.